The van der Waals surface area contributed by atoms with E-state index in [9.17, 15) is 0 Å². The van der Waals surface area contributed by atoms with Gasteiger partial charge in [0.25, 0.3) is 0 Å². The van der Waals surface area contributed by atoms with Gasteiger partial charge < -0.3 is 4.57 Å². The van der Waals surface area contributed by atoms with Crippen molar-refractivity contribution in [3.8, 4) is 0 Å². The van der Waals surface area contributed by atoms with Crippen LogP contribution in [-0.4, -0.2) is 4.57 Å². The first-order valence-corrected chi connectivity index (χ1v) is 5.53. The van der Waals surface area contributed by atoms with Crippen molar-refractivity contribution in [1.29, 1.82) is 0 Å². The van der Waals surface area contributed by atoms with Crippen molar-refractivity contribution in [1.82, 2.24) is 4.57 Å². The molecule has 0 aliphatic heterocycles. The van der Waals surface area contributed by atoms with E-state index >= 15 is 0 Å². The van der Waals surface area contributed by atoms with E-state index in [0.29, 0.717) is 0 Å². The van der Waals surface area contributed by atoms with E-state index in [1.165, 1.54) is 22.9 Å². The summed E-state index contributed by atoms with van der Waals surface area (Å²) in [5.74, 6) is 0. The first-order valence-electron chi connectivity index (χ1n) is 5.53. The minimum atomic E-state index is 1.16. The van der Waals surface area contributed by atoms with Crippen LogP contribution in [0.1, 0.15) is 25.3 Å². The number of allylic oxidation sites excluding steroid dienone is 1. The van der Waals surface area contributed by atoms with Crippen molar-refractivity contribution in [2.24, 2.45) is 7.05 Å². The number of para-hydroxylation sites is 1. The maximum atomic E-state index is 2.25. The first kappa shape index (κ1) is 10.0. The second-order valence-corrected chi connectivity index (χ2v) is 3.90. The topological polar surface area (TPSA) is 4.93 Å². The van der Waals surface area contributed by atoms with Gasteiger partial charge in [0.1, 0.15) is 0 Å². The predicted octanol–water partition coefficient (Wildman–Crippen LogP) is 3.99. The minimum absolute atomic E-state index is 1.16. The van der Waals surface area contributed by atoms with Crippen molar-refractivity contribution in [3.05, 3.63) is 42.1 Å². The van der Waals surface area contributed by atoms with Gasteiger partial charge in [-0.15, -0.1) is 0 Å². The molecule has 1 aromatic carbocycles. The Morgan fingerprint density at radius 3 is 2.87 bits per heavy atom. The van der Waals surface area contributed by atoms with Gasteiger partial charge in [0.2, 0.25) is 0 Å². The second-order valence-electron chi connectivity index (χ2n) is 3.90. The Balaban J connectivity index is 2.43. The summed E-state index contributed by atoms with van der Waals surface area (Å²) < 4.78 is 2.18. The van der Waals surface area contributed by atoms with Crippen LogP contribution in [0.5, 0.6) is 0 Å². The van der Waals surface area contributed by atoms with Crippen LogP contribution in [0.25, 0.3) is 17.0 Å². The van der Waals surface area contributed by atoms with E-state index in [1.807, 2.05) is 0 Å². The van der Waals surface area contributed by atoms with E-state index in [4.69, 9.17) is 0 Å². The fraction of sp³-hybridized carbons (Fsp3) is 0.286. The standard InChI is InChI=1S/C14H17N/c1-3-4-5-8-12-11-15(2)14-10-7-6-9-13(12)14/h5-11H,3-4H2,1-2H3. The molecule has 0 atom stereocenters. The molecule has 1 heterocycles. The highest BCUT2D eigenvalue weighted by molar-refractivity contribution is 5.89. The van der Waals surface area contributed by atoms with Gasteiger partial charge in [-0.2, -0.15) is 0 Å². The highest BCUT2D eigenvalue weighted by Gasteiger charge is 2.01. The predicted molar refractivity (Wildman–Crippen MR) is 66.9 cm³/mol. The van der Waals surface area contributed by atoms with Crippen molar-refractivity contribution >= 4 is 17.0 Å². The molecule has 0 unspecified atom stereocenters. The molecule has 0 aliphatic rings. The molecule has 2 aromatic rings. The summed E-state index contributed by atoms with van der Waals surface area (Å²) in [6, 6.07) is 8.52. The van der Waals surface area contributed by atoms with E-state index in [0.717, 1.165) is 6.42 Å². The molecule has 78 valence electrons. The van der Waals surface area contributed by atoms with Crippen LogP contribution in [0.4, 0.5) is 0 Å². The normalized spacial score (nSPS) is 11.6. The molecule has 15 heavy (non-hydrogen) atoms. The molecule has 1 heteroatoms. The molecular weight excluding hydrogens is 182 g/mol. The molecule has 0 saturated carbocycles. The number of rotatable bonds is 3. The van der Waals surface area contributed by atoms with Gasteiger partial charge in [-0.25, -0.2) is 0 Å². The van der Waals surface area contributed by atoms with Crippen LogP contribution >= 0.6 is 0 Å². The summed E-state index contributed by atoms with van der Waals surface area (Å²) >= 11 is 0. The molecule has 0 N–H and O–H groups in total. The van der Waals surface area contributed by atoms with Gasteiger partial charge in [-0.05, 0) is 18.1 Å². The molecule has 0 bridgehead atoms. The van der Waals surface area contributed by atoms with E-state index in [-0.39, 0.29) is 0 Å². The molecule has 0 spiro atoms. The highest BCUT2D eigenvalue weighted by Crippen LogP contribution is 2.21. The van der Waals surface area contributed by atoms with Crippen LogP contribution in [-0.2, 0) is 7.05 Å². The van der Waals surface area contributed by atoms with Crippen molar-refractivity contribution < 1.29 is 0 Å². The summed E-state index contributed by atoms with van der Waals surface area (Å²) in [6.45, 7) is 2.20. The molecular formula is C14H17N. The number of nitrogens with zero attached hydrogens (tertiary/aromatic N) is 1. The summed E-state index contributed by atoms with van der Waals surface area (Å²) in [5.41, 5.74) is 2.62. The summed E-state index contributed by atoms with van der Waals surface area (Å²) in [4.78, 5) is 0. The maximum absolute atomic E-state index is 2.25. The van der Waals surface area contributed by atoms with Crippen LogP contribution in [0, 0.1) is 0 Å². The van der Waals surface area contributed by atoms with Crippen LogP contribution in [0.3, 0.4) is 0 Å². The molecule has 1 nitrogen and oxygen atoms in total. The van der Waals surface area contributed by atoms with Gasteiger partial charge in [0, 0.05) is 24.1 Å². The number of aryl methyl sites for hydroxylation is 1. The number of benzene rings is 1. The zero-order valence-corrected chi connectivity index (χ0v) is 9.40. The largest absolute Gasteiger partial charge is 0.350 e. The quantitative estimate of drug-likeness (QED) is 0.704. The molecule has 1 aromatic heterocycles. The lowest BCUT2D eigenvalue weighted by molar-refractivity contribution is 0.960. The Bertz CT molecular complexity index is 477. The second kappa shape index (κ2) is 4.35. The summed E-state index contributed by atoms with van der Waals surface area (Å²) in [6.07, 6.45) is 9.04. The lowest BCUT2D eigenvalue weighted by atomic mass is 10.1. The third-order valence-electron chi connectivity index (χ3n) is 2.68. The molecule has 0 aliphatic carbocycles. The smallest absolute Gasteiger partial charge is 0.0483 e. The molecule has 0 amide bonds. The Morgan fingerprint density at radius 2 is 2.07 bits per heavy atom. The van der Waals surface area contributed by atoms with Crippen LogP contribution < -0.4 is 0 Å². The highest BCUT2D eigenvalue weighted by atomic mass is 14.9. The number of hydrogen-bond donors (Lipinski definition) is 0. The SMILES string of the molecule is CCCC=Cc1cn(C)c2ccccc12. The monoisotopic (exact) mass is 199 g/mol. The zero-order valence-electron chi connectivity index (χ0n) is 9.40. The fourth-order valence-corrected chi connectivity index (χ4v) is 1.88. The van der Waals surface area contributed by atoms with Crippen molar-refractivity contribution in [3.63, 3.8) is 0 Å². The third-order valence-corrected chi connectivity index (χ3v) is 2.68. The number of hydrogen-bond acceptors (Lipinski definition) is 0. The van der Waals surface area contributed by atoms with E-state index in [1.54, 1.807) is 0 Å². The van der Waals surface area contributed by atoms with Crippen LogP contribution in [0.2, 0.25) is 0 Å². The number of aromatic nitrogens is 1. The molecule has 2 rings (SSSR count). The van der Waals surface area contributed by atoms with Gasteiger partial charge in [-0.1, -0.05) is 43.7 Å². The lowest BCUT2D eigenvalue weighted by Gasteiger charge is -1.93. The van der Waals surface area contributed by atoms with Crippen molar-refractivity contribution in [2.75, 3.05) is 0 Å². The Hall–Kier alpha value is -1.50. The van der Waals surface area contributed by atoms with Gasteiger partial charge >= 0.3 is 0 Å². The lowest BCUT2D eigenvalue weighted by Crippen LogP contribution is -1.81. The van der Waals surface area contributed by atoms with E-state index in [2.05, 4.69) is 61.2 Å². The van der Waals surface area contributed by atoms with Crippen molar-refractivity contribution in [2.45, 2.75) is 19.8 Å². The van der Waals surface area contributed by atoms with Gasteiger partial charge in [0.05, 0.1) is 0 Å². The number of unbranched alkanes of at least 4 members (excludes halogenated alkanes) is 1. The first-order chi connectivity index (χ1) is 7.33. The Labute approximate surface area is 91.0 Å². The van der Waals surface area contributed by atoms with Gasteiger partial charge in [-0.3, -0.25) is 0 Å². The average molecular weight is 199 g/mol. The zero-order chi connectivity index (χ0) is 10.7. The minimum Gasteiger partial charge on any atom is -0.350 e. The Kier molecular flexibility index (Phi) is 2.91. The van der Waals surface area contributed by atoms with E-state index < -0.39 is 0 Å². The Morgan fingerprint density at radius 1 is 1.27 bits per heavy atom. The maximum Gasteiger partial charge on any atom is 0.0483 e. The van der Waals surface area contributed by atoms with Gasteiger partial charge in [0.15, 0.2) is 0 Å². The average Bonchev–Trinajstić information content (AvgIpc) is 2.58. The van der Waals surface area contributed by atoms with Crippen LogP contribution in [0.15, 0.2) is 36.5 Å². The fourth-order valence-electron chi connectivity index (χ4n) is 1.88. The summed E-state index contributed by atoms with van der Waals surface area (Å²) in [5, 5.41) is 1.34. The molecule has 0 fully saturated rings. The molecule has 0 saturated heterocycles. The molecule has 0 radical (unpaired) electrons. The summed E-state index contributed by atoms with van der Waals surface area (Å²) in [7, 11) is 2.10. The number of fused-ring (bicyclic) bond motifs is 1. The third kappa shape index (κ3) is 1.96.